The highest BCUT2D eigenvalue weighted by Gasteiger charge is 2.23. The SMILES string of the molecule is COc1cc([C@@H](N)C2CCCC2)ccc1O.Cl. The van der Waals surface area contributed by atoms with Crippen LogP contribution in [0.5, 0.6) is 11.5 Å². The molecule has 3 nitrogen and oxygen atoms in total. The van der Waals surface area contributed by atoms with E-state index in [1.165, 1.54) is 25.7 Å². The van der Waals surface area contributed by atoms with E-state index in [0.717, 1.165) is 5.56 Å². The number of nitrogens with two attached hydrogens (primary N) is 1. The van der Waals surface area contributed by atoms with E-state index in [-0.39, 0.29) is 24.2 Å². The lowest BCUT2D eigenvalue weighted by atomic mass is 9.92. The predicted molar refractivity (Wildman–Crippen MR) is 70.8 cm³/mol. The lowest BCUT2D eigenvalue weighted by molar-refractivity contribution is 0.370. The molecule has 2 rings (SSSR count). The fourth-order valence-electron chi connectivity index (χ4n) is 2.49. The Hall–Kier alpha value is -0.930. The monoisotopic (exact) mass is 257 g/mol. The Morgan fingerprint density at radius 2 is 2.00 bits per heavy atom. The van der Waals surface area contributed by atoms with Gasteiger partial charge < -0.3 is 15.6 Å². The first-order chi connectivity index (χ1) is 7.72. The summed E-state index contributed by atoms with van der Waals surface area (Å²) >= 11 is 0. The van der Waals surface area contributed by atoms with Crippen LogP contribution in [0.25, 0.3) is 0 Å². The number of methoxy groups -OCH3 is 1. The molecule has 0 aromatic heterocycles. The summed E-state index contributed by atoms with van der Waals surface area (Å²) in [7, 11) is 1.56. The largest absolute Gasteiger partial charge is 0.504 e. The highest BCUT2D eigenvalue weighted by Crippen LogP contribution is 2.36. The molecule has 0 amide bonds. The quantitative estimate of drug-likeness (QED) is 0.875. The van der Waals surface area contributed by atoms with E-state index in [1.807, 2.05) is 12.1 Å². The number of benzene rings is 1. The maximum absolute atomic E-state index is 9.52. The van der Waals surface area contributed by atoms with Gasteiger partial charge in [0.05, 0.1) is 7.11 Å². The summed E-state index contributed by atoms with van der Waals surface area (Å²) in [5.41, 5.74) is 7.29. The van der Waals surface area contributed by atoms with E-state index < -0.39 is 0 Å². The van der Waals surface area contributed by atoms with Gasteiger partial charge in [0.2, 0.25) is 0 Å². The van der Waals surface area contributed by atoms with Gasteiger partial charge in [-0.2, -0.15) is 0 Å². The molecule has 1 aliphatic rings. The Morgan fingerprint density at radius 3 is 2.59 bits per heavy atom. The number of phenolic OH excluding ortho intramolecular Hbond substituents is 1. The molecule has 1 atom stereocenters. The van der Waals surface area contributed by atoms with Gasteiger partial charge in [-0.15, -0.1) is 12.4 Å². The first-order valence-electron chi connectivity index (χ1n) is 5.85. The summed E-state index contributed by atoms with van der Waals surface area (Å²) in [6.45, 7) is 0. The van der Waals surface area contributed by atoms with Crippen LogP contribution in [0.2, 0.25) is 0 Å². The zero-order valence-electron chi connectivity index (χ0n) is 10.1. The van der Waals surface area contributed by atoms with Crippen LogP contribution < -0.4 is 10.5 Å². The second-order valence-corrected chi connectivity index (χ2v) is 4.50. The minimum absolute atomic E-state index is 0. The number of hydrogen-bond acceptors (Lipinski definition) is 3. The molecule has 0 aliphatic heterocycles. The molecular formula is C13H20ClNO2. The Morgan fingerprint density at radius 1 is 1.35 bits per heavy atom. The first kappa shape index (κ1) is 14.1. The third kappa shape index (κ3) is 3.05. The second-order valence-electron chi connectivity index (χ2n) is 4.50. The average Bonchev–Trinajstić information content (AvgIpc) is 2.82. The molecule has 0 radical (unpaired) electrons. The fourth-order valence-corrected chi connectivity index (χ4v) is 2.49. The van der Waals surface area contributed by atoms with Crippen LogP contribution in [-0.4, -0.2) is 12.2 Å². The van der Waals surface area contributed by atoms with Crippen LogP contribution in [-0.2, 0) is 0 Å². The smallest absolute Gasteiger partial charge is 0.160 e. The number of hydrogen-bond donors (Lipinski definition) is 2. The van der Waals surface area contributed by atoms with Crippen molar-refractivity contribution >= 4 is 12.4 Å². The highest BCUT2D eigenvalue weighted by molar-refractivity contribution is 5.85. The maximum atomic E-state index is 9.52. The van der Waals surface area contributed by atoms with Crippen molar-refractivity contribution in [1.82, 2.24) is 0 Å². The van der Waals surface area contributed by atoms with Crippen molar-refractivity contribution < 1.29 is 9.84 Å². The van der Waals surface area contributed by atoms with Gasteiger partial charge in [-0.25, -0.2) is 0 Å². The van der Waals surface area contributed by atoms with Crippen molar-refractivity contribution in [2.45, 2.75) is 31.7 Å². The van der Waals surface area contributed by atoms with Gasteiger partial charge in [0.25, 0.3) is 0 Å². The van der Waals surface area contributed by atoms with Crippen LogP contribution in [0.15, 0.2) is 18.2 Å². The molecule has 0 bridgehead atoms. The van der Waals surface area contributed by atoms with Gasteiger partial charge in [0, 0.05) is 6.04 Å². The molecule has 0 unspecified atom stereocenters. The van der Waals surface area contributed by atoms with E-state index in [2.05, 4.69) is 0 Å². The molecule has 1 aromatic carbocycles. The van der Waals surface area contributed by atoms with E-state index in [4.69, 9.17) is 10.5 Å². The number of halogens is 1. The van der Waals surface area contributed by atoms with Crippen molar-refractivity contribution in [3.8, 4) is 11.5 Å². The van der Waals surface area contributed by atoms with E-state index in [1.54, 1.807) is 13.2 Å². The van der Waals surface area contributed by atoms with Crippen LogP contribution >= 0.6 is 12.4 Å². The van der Waals surface area contributed by atoms with Crippen LogP contribution in [0, 0.1) is 5.92 Å². The number of aromatic hydroxyl groups is 1. The van der Waals surface area contributed by atoms with Crippen LogP contribution in [0.4, 0.5) is 0 Å². The third-order valence-corrected chi connectivity index (χ3v) is 3.50. The molecule has 0 saturated heterocycles. The molecule has 4 heteroatoms. The molecular weight excluding hydrogens is 238 g/mol. The fraction of sp³-hybridized carbons (Fsp3) is 0.538. The Kier molecular flexibility index (Phi) is 5.09. The zero-order chi connectivity index (χ0) is 11.5. The molecule has 3 N–H and O–H groups in total. The molecule has 17 heavy (non-hydrogen) atoms. The van der Waals surface area contributed by atoms with Crippen molar-refractivity contribution in [3.05, 3.63) is 23.8 Å². The van der Waals surface area contributed by atoms with Gasteiger partial charge >= 0.3 is 0 Å². The van der Waals surface area contributed by atoms with Crippen molar-refractivity contribution in [2.75, 3.05) is 7.11 Å². The maximum Gasteiger partial charge on any atom is 0.160 e. The van der Waals surface area contributed by atoms with E-state index in [9.17, 15) is 5.11 Å². The number of phenols is 1. The van der Waals surface area contributed by atoms with Crippen molar-refractivity contribution in [2.24, 2.45) is 11.7 Å². The summed E-state index contributed by atoms with van der Waals surface area (Å²) in [6, 6.07) is 5.46. The summed E-state index contributed by atoms with van der Waals surface area (Å²) in [5, 5.41) is 9.52. The van der Waals surface area contributed by atoms with Gasteiger partial charge in [-0.3, -0.25) is 0 Å². The third-order valence-electron chi connectivity index (χ3n) is 3.50. The van der Waals surface area contributed by atoms with Crippen LogP contribution in [0.1, 0.15) is 37.3 Å². The van der Waals surface area contributed by atoms with E-state index in [0.29, 0.717) is 11.7 Å². The normalized spacial score (nSPS) is 17.5. The molecule has 1 aliphatic carbocycles. The average molecular weight is 258 g/mol. The van der Waals surface area contributed by atoms with Gasteiger partial charge in [0.1, 0.15) is 0 Å². The minimum Gasteiger partial charge on any atom is -0.504 e. The van der Waals surface area contributed by atoms with E-state index >= 15 is 0 Å². The second kappa shape index (κ2) is 6.12. The van der Waals surface area contributed by atoms with Gasteiger partial charge in [-0.05, 0) is 36.5 Å². The lowest BCUT2D eigenvalue weighted by Gasteiger charge is -2.19. The summed E-state index contributed by atoms with van der Waals surface area (Å²) < 4.78 is 5.09. The van der Waals surface area contributed by atoms with Crippen molar-refractivity contribution in [1.29, 1.82) is 0 Å². The predicted octanol–water partition coefficient (Wildman–Crippen LogP) is 3.01. The molecule has 1 aromatic rings. The molecule has 1 saturated carbocycles. The molecule has 0 heterocycles. The van der Waals surface area contributed by atoms with Gasteiger partial charge in [0.15, 0.2) is 11.5 Å². The Labute approximate surface area is 108 Å². The number of ether oxygens (including phenoxy) is 1. The Bertz CT molecular complexity index is 364. The summed E-state index contributed by atoms with van der Waals surface area (Å²) in [6.07, 6.45) is 5.00. The zero-order valence-corrected chi connectivity index (χ0v) is 10.9. The molecule has 0 spiro atoms. The molecule has 96 valence electrons. The number of rotatable bonds is 3. The lowest BCUT2D eigenvalue weighted by Crippen LogP contribution is -2.19. The summed E-state index contributed by atoms with van der Waals surface area (Å²) in [5.74, 6) is 1.25. The topological polar surface area (TPSA) is 55.5 Å². The molecule has 1 fully saturated rings. The van der Waals surface area contributed by atoms with Gasteiger partial charge in [-0.1, -0.05) is 18.9 Å². The summed E-state index contributed by atoms with van der Waals surface area (Å²) in [4.78, 5) is 0. The standard InChI is InChI=1S/C13H19NO2.ClH/c1-16-12-8-10(6-7-11(12)15)13(14)9-4-2-3-5-9;/h6-9,13,15H,2-5,14H2,1H3;1H/t13-;/m0./s1. The van der Waals surface area contributed by atoms with Crippen molar-refractivity contribution in [3.63, 3.8) is 0 Å². The Balaban J connectivity index is 0.00000144. The van der Waals surface area contributed by atoms with Crippen LogP contribution in [0.3, 0.4) is 0 Å². The minimum atomic E-state index is 0. The highest BCUT2D eigenvalue weighted by atomic mass is 35.5. The first-order valence-corrected chi connectivity index (χ1v) is 5.85.